The number of rotatable bonds is 8. The van der Waals surface area contributed by atoms with E-state index in [9.17, 15) is 9.59 Å². The Balaban J connectivity index is 1.68. The Labute approximate surface area is 181 Å². The maximum absolute atomic E-state index is 13.1. The normalized spacial score (nSPS) is 18.6. The molecule has 160 valence electrons. The molecule has 2 aromatic carbocycles. The molecule has 6 nitrogen and oxygen atoms in total. The van der Waals surface area contributed by atoms with Gasteiger partial charge in [0.1, 0.15) is 6.61 Å². The lowest BCUT2D eigenvalue weighted by Gasteiger charge is -2.31. The second-order valence-electron chi connectivity index (χ2n) is 7.44. The summed E-state index contributed by atoms with van der Waals surface area (Å²) in [5.41, 5.74) is 1.32. The van der Waals surface area contributed by atoms with E-state index in [2.05, 4.69) is 0 Å². The van der Waals surface area contributed by atoms with Crippen molar-refractivity contribution >= 4 is 35.0 Å². The van der Waals surface area contributed by atoms with Crippen LogP contribution in [0.1, 0.15) is 25.7 Å². The number of anilines is 2. The van der Waals surface area contributed by atoms with Crippen molar-refractivity contribution < 1.29 is 24.2 Å². The van der Waals surface area contributed by atoms with Crippen LogP contribution < -0.4 is 4.90 Å². The van der Waals surface area contributed by atoms with E-state index < -0.39 is 12.1 Å². The van der Waals surface area contributed by atoms with Gasteiger partial charge in [0, 0.05) is 5.02 Å². The van der Waals surface area contributed by atoms with Crippen LogP contribution >= 0.6 is 11.6 Å². The number of carboxylic acid groups (broad SMARTS) is 1. The van der Waals surface area contributed by atoms with Crippen molar-refractivity contribution in [2.45, 2.75) is 25.7 Å². The molecule has 7 heteroatoms. The summed E-state index contributed by atoms with van der Waals surface area (Å²) in [6.07, 6.45) is 3.53. The zero-order chi connectivity index (χ0) is 21.3. The number of halogens is 1. The topological polar surface area (TPSA) is 76.1 Å². The largest absolute Gasteiger partial charge is 0.480 e. The second-order valence-corrected chi connectivity index (χ2v) is 7.88. The van der Waals surface area contributed by atoms with Crippen molar-refractivity contribution in [2.24, 2.45) is 11.8 Å². The van der Waals surface area contributed by atoms with Gasteiger partial charge < -0.3 is 14.6 Å². The van der Waals surface area contributed by atoms with Gasteiger partial charge in [-0.3, -0.25) is 0 Å². The minimum atomic E-state index is -0.978. The van der Waals surface area contributed by atoms with E-state index in [1.54, 1.807) is 18.2 Å². The smallest absolute Gasteiger partial charge is 0.418 e. The Morgan fingerprint density at radius 1 is 0.967 bits per heavy atom. The van der Waals surface area contributed by atoms with Crippen molar-refractivity contribution in [3.8, 4) is 0 Å². The first-order chi connectivity index (χ1) is 14.5. The van der Waals surface area contributed by atoms with Crippen molar-refractivity contribution in [3.63, 3.8) is 0 Å². The van der Waals surface area contributed by atoms with Crippen LogP contribution in [0.15, 0.2) is 54.6 Å². The summed E-state index contributed by atoms with van der Waals surface area (Å²) in [6.45, 7) is 0.328. The fraction of sp³-hybridized carbons (Fsp3) is 0.391. The molecule has 3 rings (SSSR count). The molecule has 0 radical (unpaired) electrons. The number of para-hydroxylation sites is 1. The Kier molecular flexibility index (Phi) is 8.11. The van der Waals surface area contributed by atoms with Crippen LogP contribution in [0.3, 0.4) is 0 Å². The number of carbonyl (C=O) groups is 2. The van der Waals surface area contributed by atoms with Crippen molar-refractivity contribution in [1.29, 1.82) is 0 Å². The molecule has 30 heavy (non-hydrogen) atoms. The number of nitrogens with zero attached hydrogens (tertiary/aromatic N) is 1. The highest BCUT2D eigenvalue weighted by atomic mass is 35.5. The van der Waals surface area contributed by atoms with E-state index in [0.717, 1.165) is 25.7 Å². The number of carboxylic acids is 1. The number of ether oxygens (including phenoxy) is 2. The highest BCUT2D eigenvalue weighted by molar-refractivity contribution is 6.31. The molecule has 2 aromatic rings. The molecule has 1 aliphatic rings. The quantitative estimate of drug-likeness (QED) is 0.595. The van der Waals surface area contributed by atoms with Gasteiger partial charge in [-0.1, -0.05) is 48.7 Å². The summed E-state index contributed by atoms with van der Waals surface area (Å²) < 4.78 is 11.0. The van der Waals surface area contributed by atoms with Crippen molar-refractivity contribution in [1.82, 2.24) is 0 Å². The average Bonchev–Trinajstić information content (AvgIpc) is 2.74. The minimum absolute atomic E-state index is 0.147. The number of hydrogen-bond donors (Lipinski definition) is 1. The molecule has 2 atom stereocenters. The van der Waals surface area contributed by atoms with E-state index in [1.807, 2.05) is 36.4 Å². The maximum Gasteiger partial charge on any atom is 0.418 e. The van der Waals surface area contributed by atoms with E-state index in [4.69, 9.17) is 26.2 Å². The summed E-state index contributed by atoms with van der Waals surface area (Å²) in [6, 6.07) is 16.4. The number of amides is 1. The highest BCUT2D eigenvalue weighted by Crippen LogP contribution is 2.32. The Morgan fingerprint density at radius 3 is 2.30 bits per heavy atom. The molecular weight excluding hydrogens is 406 g/mol. The highest BCUT2D eigenvalue weighted by Gasteiger charge is 2.28. The number of hydrogen-bond acceptors (Lipinski definition) is 4. The molecule has 1 saturated carbocycles. The van der Waals surface area contributed by atoms with Gasteiger partial charge in [0.15, 0.2) is 0 Å². The molecule has 0 heterocycles. The zero-order valence-electron chi connectivity index (χ0n) is 16.7. The third-order valence-electron chi connectivity index (χ3n) is 5.31. The molecule has 1 amide bonds. The minimum Gasteiger partial charge on any atom is -0.480 e. The van der Waals surface area contributed by atoms with Crippen LogP contribution in [0.2, 0.25) is 5.02 Å². The molecule has 2 unspecified atom stereocenters. The average molecular weight is 432 g/mol. The fourth-order valence-corrected chi connectivity index (χ4v) is 4.00. The van der Waals surface area contributed by atoms with Crippen molar-refractivity contribution in [2.75, 3.05) is 24.7 Å². The van der Waals surface area contributed by atoms with E-state index in [0.29, 0.717) is 23.0 Å². The molecule has 0 bridgehead atoms. The summed E-state index contributed by atoms with van der Waals surface area (Å²) in [5, 5.41) is 9.30. The van der Waals surface area contributed by atoms with E-state index in [-0.39, 0.29) is 25.0 Å². The predicted molar refractivity (Wildman–Crippen MR) is 115 cm³/mol. The molecule has 0 aliphatic heterocycles. The van der Waals surface area contributed by atoms with Gasteiger partial charge in [-0.05, 0) is 55.0 Å². The molecule has 0 saturated heterocycles. The number of aliphatic carboxylic acids is 1. The number of carbonyl (C=O) groups excluding carboxylic acids is 1. The lowest BCUT2D eigenvalue weighted by molar-refractivity contribution is -0.143. The van der Waals surface area contributed by atoms with Gasteiger partial charge in [0.2, 0.25) is 0 Å². The maximum atomic E-state index is 13.1. The van der Waals surface area contributed by atoms with Crippen LogP contribution in [0.5, 0.6) is 0 Å². The standard InChI is InChI=1S/C23H26ClNO5/c24-19-9-6-12-21(13-19)25(20-10-2-1-3-11-20)23(28)30-15-18-8-5-4-7-17(18)14-29-16-22(26)27/h1-3,6,9-13,17-18H,4-5,7-8,14-16H2,(H,26,27). The zero-order valence-corrected chi connectivity index (χ0v) is 17.5. The van der Waals surface area contributed by atoms with Crippen molar-refractivity contribution in [3.05, 3.63) is 59.6 Å². The molecule has 0 aromatic heterocycles. The summed E-state index contributed by atoms with van der Waals surface area (Å²) in [5.74, 6) is -0.649. The van der Waals surface area contributed by atoms with Gasteiger partial charge in [0.25, 0.3) is 0 Å². The third-order valence-corrected chi connectivity index (χ3v) is 5.54. The summed E-state index contributed by atoms with van der Waals surface area (Å²) in [7, 11) is 0. The first kappa shape index (κ1) is 22.1. The van der Waals surface area contributed by atoms with Gasteiger partial charge in [0.05, 0.1) is 24.6 Å². The number of benzene rings is 2. The molecule has 1 fully saturated rings. The lowest BCUT2D eigenvalue weighted by atomic mass is 9.80. The third kappa shape index (κ3) is 6.21. The first-order valence-corrected chi connectivity index (χ1v) is 10.5. The monoisotopic (exact) mass is 431 g/mol. The van der Waals surface area contributed by atoms with Gasteiger partial charge in [-0.25, -0.2) is 14.5 Å². The molecule has 0 spiro atoms. The van der Waals surface area contributed by atoms with Gasteiger partial charge >= 0.3 is 12.1 Å². The van der Waals surface area contributed by atoms with Crippen LogP contribution in [-0.2, 0) is 14.3 Å². The SMILES string of the molecule is O=C(O)COCC1CCCCC1COC(=O)N(c1ccccc1)c1cccc(Cl)c1. The van der Waals surface area contributed by atoms with E-state index >= 15 is 0 Å². The fourth-order valence-electron chi connectivity index (χ4n) is 3.82. The van der Waals surface area contributed by atoms with Crippen LogP contribution in [-0.4, -0.2) is 37.0 Å². The Morgan fingerprint density at radius 2 is 1.63 bits per heavy atom. The molecular formula is C23H26ClNO5. The van der Waals surface area contributed by atoms with Crippen LogP contribution in [0.4, 0.5) is 16.2 Å². The van der Waals surface area contributed by atoms with Crippen LogP contribution in [0.25, 0.3) is 0 Å². The lowest BCUT2D eigenvalue weighted by Crippen LogP contribution is -2.33. The first-order valence-electron chi connectivity index (χ1n) is 10.1. The summed E-state index contributed by atoms with van der Waals surface area (Å²) >= 11 is 6.14. The Bertz CT molecular complexity index is 844. The van der Waals surface area contributed by atoms with Gasteiger partial charge in [-0.15, -0.1) is 0 Å². The van der Waals surface area contributed by atoms with Gasteiger partial charge in [-0.2, -0.15) is 0 Å². The molecule has 1 aliphatic carbocycles. The second kappa shape index (κ2) is 11.0. The Hall–Kier alpha value is -2.57. The summed E-state index contributed by atoms with van der Waals surface area (Å²) in [4.78, 5) is 25.3. The molecule has 1 N–H and O–H groups in total. The van der Waals surface area contributed by atoms with Crippen LogP contribution in [0, 0.1) is 11.8 Å². The predicted octanol–water partition coefficient (Wildman–Crippen LogP) is 5.52. The van der Waals surface area contributed by atoms with E-state index in [1.165, 1.54) is 4.90 Å².